The van der Waals surface area contributed by atoms with Crippen molar-refractivity contribution in [3.8, 4) is 0 Å². The number of aliphatic imine (C=N–C) groups is 1. The van der Waals surface area contributed by atoms with Crippen LogP contribution < -0.4 is 38.9 Å². The third-order valence-corrected chi connectivity index (χ3v) is 6.66. The van der Waals surface area contributed by atoms with Crippen LogP contribution in [0.4, 0.5) is 0 Å². The van der Waals surface area contributed by atoms with Crippen molar-refractivity contribution in [3.63, 3.8) is 0 Å². The van der Waals surface area contributed by atoms with E-state index in [1.807, 2.05) is 24.3 Å². The molecule has 17 heteroatoms. The normalized spacial score (nSPS) is 13.7. The predicted molar refractivity (Wildman–Crippen MR) is 159 cm³/mol. The van der Waals surface area contributed by atoms with Crippen molar-refractivity contribution in [2.75, 3.05) is 6.54 Å². The number of amides is 4. The van der Waals surface area contributed by atoms with Gasteiger partial charge in [0.2, 0.25) is 23.6 Å². The van der Waals surface area contributed by atoms with E-state index < -0.39 is 60.2 Å². The minimum Gasteiger partial charge on any atom is -0.480 e. The van der Waals surface area contributed by atoms with Crippen LogP contribution in [-0.2, 0) is 36.8 Å². The van der Waals surface area contributed by atoms with E-state index in [4.69, 9.17) is 22.9 Å². The zero-order valence-corrected chi connectivity index (χ0v) is 23.8. The number of carboxylic acids is 1. The molecule has 2 heterocycles. The largest absolute Gasteiger partial charge is 0.480 e. The topological polar surface area (TPSA) is 303 Å². The molecule has 17 nitrogen and oxygen atoms in total. The van der Waals surface area contributed by atoms with Crippen molar-refractivity contribution < 1.29 is 29.1 Å². The number of imidazole rings is 1. The van der Waals surface area contributed by atoms with E-state index in [1.54, 1.807) is 6.20 Å². The number of aromatic amines is 2. The summed E-state index contributed by atoms with van der Waals surface area (Å²) in [6, 6.07) is 2.40. The van der Waals surface area contributed by atoms with Crippen LogP contribution in [0.2, 0.25) is 0 Å². The van der Waals surface area contributed by atoms with Crippen LogP contribution in [0, 0.1) is 0 Å². The fourth-order valence-corrected chi connectivity index (χ4v) is 4.45. The second kappa shape index (κ2) is 15.7. The molecule has 0 fully saturated rings. The molecule has 2 aromatic heterocycles. The van der Waals surface area contributed by atoms with Gasteiger partial charge in [-0.1, -0.05) is 18.2 Å². The quantitative estimate of drug-likeness (QED) is 0.0433. The molecule has 0 aliphatic carbocycles. The van der Waals surface area contributed by atoms with E-state index in [9.17, 15) is 29.1 Å². The molecule has 1 aromatic carbocycles. The molecule has 0 saturated heterocycles. The Bertz CT molecular complexity index is 1480. The summed E-state index contributed by atoms with van der Waals surface area (Å²) in [4.78, 5) is 76.4. The van der Waals surface area contributed by atoms with Crippen molar-refractivity contribution in [3.05, 3.63) is 54.2 Å². The first kappa shape index (κ1) is 33.1. The maximum Gasteiger partial charge on any atom is 0.326 e. The van der Waals surface area contributed by atoms with Gasteiger partial charge >= 0.3 is 5.97 Å². The molecular formula is C27H37N11O6. The van der Waals surface area contributed by atoms with Gasteiger partial charge in [-0.3, -0.25) is 24.2 Å². The molecule has 0 spiro atoms. The minimum atomic E-state index is -1.63. The molecule has 3 aromatic rings. The number of primary amides is 1. The number of carbonyl (C=O) groups is 5. The van der Waals surface area contributed by atoms with E-state index in [-0.39, 0.29) is 38.2 Å². The number of fused-ring (bicyclic) bond motifs is 1. The lowest BCUT2D eigenvalue weighted by atomic mass is 10.0. The highest BCUT2D eigenvalue weighted by atomic mass is 16.4. The van der Waals surface area contributed by atoms with E-state index in [0.29, 0.717) is 5.69 Å². The van der Waals surface area contributed by atoms with Gasteiger partial charge in [-0.2, -0.15) is 0 Å². The Morgan fingerprint density at radius 1 is 0.909 bits per heavy atom. The Morgan fingerprint density at radius 2 is 1.59 bits per heavy atom. The van der Waals surface area contributed by atoms with Gasteiger partial charge in [0.25, 0.3) is 0 Å². The number of hydrogen-bond donors (Lipinski definition) is 10. The Morgan fingerprint density at radius 3 is 2.25 bits per heavy atom. The molecule has 0 aliphatic rings. The predicted octanol–water partition coefficient (Wildman–Crippen LogP) is -2.53. The summed E-state index contributed by atoms with van der Waals surface area (Å²) >= 11 is 0. The number of aromatic nitrogens is 3. The molecule has 0 saturated carbocycles. The molecular weight excluding hydrogens is 574 g/mol. The lowest BCUT2D eigenvalue weighted by Gasteiger charge is -2.25. The number of H-pyrrole nitrogens is 2. The van der Waals surface area contributed by atoms with Crippen molar-refractivity contribution in [2.45, 2.75) is 56.3 Å². The number of guanidine groups is 1. The van der Waals surface area contributed by atoms with Gasteiger partial charge in [0, 0.05) is 42.0 Å². The molecule has 236 valence electrons. The van der Waals surface area contributed by atoms with Crippen molar-refractivity contribution in [2.24, 2.45) is 27.9 Å². The van der Waals surface area contributed by atoms with Crippen LogP contribution in [0.3, 0.4) is 0 Å². The van der Waals surface area contributed by atoms with Gasteiger partial charge in [0.1, 0.15) is 18.1 Å². The number of para-hydroxylation sites is 1. The number of aliphatic carboxylic acids is 1. The number of nitrogens with zero attached hydrogens (tertiary/aromatic N) is 2. The van der Waals surface area contributed by atoms with Crippen LogP contribution in [-0.4, -0.2) is 86.3 Å². The van der Waals surface area contributed by atoms with Gasteiger partial charge in [-0.25, -0.2) is 9.78 Å². The van der Waals surface area contributed by atoms with Crippen molar-refractivity contribution in [1.82, 2.24) is 30.9 Å². The van der Waals surface area contributed by atoms with Crippen molar-refractivity contribution >= 4 is 46.5 Å². The number of hydrogen-bond acceptors (Lipinski definition) is 8. The van der Waals surface area contributed by atoms with Crippen LogP contribution >= 0.6 is 0 Å². The zero-order chi connectivity index (χ0) is 32.2. The van der Waals surface area contributed by atoms with Gasteiger partial charge in [0.05, 0.1) is 18.8 Å². The average Bonchev–Trinajstić information content (AvgIpc) is 3.63. The molecule has 14 N–H and O–H groups in total. The fourth-order valence-electron chi connectivity index (χ4n) is 4.45. The molecule has 44 heavy (non-hydrogen) atoms. The summed E-state index contributed by atoms with van der Waals surface area (Å²) in [6.07, 6.45) is 4.30. The number of rotatable bonds is 17. The lowest BCUT2D eigenvalue weighted by molar-refractivity contribution is -0.143. The van der Waals surface area contributed by atoms with Crippen LogP contribution in [0.25, 0.3) is 10.9 Å². The first-order valence-corrected chi connectivity index (χ1v) is 13.7. The van der Waals surface area contributed by atoms with E-state index in [1.165, 1.54) is 12.5 Å². The third kappa shape index (κ3) is 9.83. The molecule has 0 bridgehead atoms. The second-order valence-electron chi connectivity index (χ2n) is 10.1. The molecule has 0 aliphatic heterocycles. The summed E-state index contributed by atoms with van der Waals surface area (Å²) in [6.45, 7) is 0.162. The first-order valence-electron chi connectivity index (χ1n) is 13.7. The average molecular weight is 612 g/mol. The number of carbonyl (C=O) groups excluding carboxylic acids is 4. The monoisotopic (exact) mass is 611 g/mol. The highest BCUT2D eigenvalue weighted by Gasteiger charge is 2.31. The fraction of sp³-hybridized carbons (Fsp3) is 0.370. The number of benzene rings is 1. The first-order chi connectivity index (χ1) is 20.9. The van der Waals surface area contributed by atoms with E-state index in [0.717, 1.165) is 16.5 Å². The highest BCUT2D eigenvalue weighted by Crippen LogP contribution is 2.19. The standard InChI is InChI=1S/C27H37N11O6/c28-17(8-14-11-34-18-5-2-1-4-16(14)18)23(40)36-19(6-3-7-33-27(30)31)24(41)37-20(9-15-12-32-13-35-15)25(42)38-21(26(43)44)10-22(29)39/h1-2,4-5,11-13,17,19-21,34H,3,6-10,28H2,(H2,29,39)(H,32,35)(H,36,40)(H,37,41)(H,38,42)(H,43,44)(H4,30,31,33). The van der Waals surface area contributed by atoms with Crippen LogP contribution in [0.15, 0.2) is 48.0 Å². The third-order valence-electron chi connectivity index (χ3n) is 6.66. The van der Waals surface area contributed by atoms with Gasteiger partial charge < -0.3 is 54.0 Å². The van der Waals surface area contributed by atoms with Crippen molar-refractivity contribution in [1.29, 1.82) is 0 Å². The molecule has 4 unspecified atom stereocenters. The second-order valence-corrected chi connectivity index (χ2v) is 10.1. The molecule has 4 amide bonds. The van der Waals surface area contributed by atoms with Gasteiger partial charge in [0.15, 0.2) is 5.96 Å². The van der Waals surface area contributed by atoms with Gasteiger partial charge in [-0.15, -0.1) is 0 Å². The minimum absolute atomic E-state index is 0.0754. The zero-order valence-electron chi connectivity index (χ0n) is 23.8. The molecule has 3 rings (SSSR count). The Labute approximate surface area is 251 Å². The summed E-state index contributed by atoms with van der Waals surface area (Å²) in [5, 5.41) is 17.8. The smallest absolute Gasteiger partial charge is 0.326 e. The summed E-state index contributed by atoms with van der Waals surface area (Å²) in [5.41, 5.74) is 24.3. The van der Waals surface area contributed by atoms with Crippen LogP contribution in [0.1, 0.15) is 30.5 Å². The number of carboxylic acid groups (broad SMARTS) is 1. The Hall–Kier alpha value is -5.45. The van der Waals surface area contributed by atoms with E-state index >= 15 is 0 Å². The Balaban J connectivity index is 1.77. The van der Waals surface area contributed by atoms with E-state index in [2.05, 4.69) is 35.9 Å². The summed E-state index contributed by atoms with van der Waals surface area (Å²) in [7, 11) is 0. The maximum absolute atomic E-state index is 13.5. The number of nitrogens with two attached hydrogens (primary N) is 4. The molecule has 0 radical (unpaired) electrons. The number of nitrogens with one attached hydrogen (secondary N) is 5. The van der Waals surface area contributed by atoms with Gasteiger partial charge in [-0.05, 0) is 30.9 Å². The summed E-state index contributed by atoms with van der Waals surface area (Å²) in [5.74, 6) is -4.83. The SMILES string of the molecule is NC(=O)CC(NC(=O)C(Cc1cnc[nH]1)NC(=O)C(CCCN=C(N)N)NC(=O)C(N)Cc1c[nH]c2ccccc12)C(=O)O. The summed E-state index contributed by atoms with van der Waals surface area (Å²) < 4.78 is 0. The van der Waals surface area contributed by atoms with Crippen LogP contribution in [0.5, 0.6) is 0 Å². The maximum atomic E-state index is 13.5. The Kier molecular flexibility index (Phi) is 11.8. The highest BCUT2D eigenvalue weighted by molar-refractivity contribution is 5.95. The molecule has 4 atom stereocenters. The lowest BCUT2D eigenvalue weighted by Crippen LogP contribution is -2.58.